The number of aliphatic hydroxyl groups is 1. The largest absolute Gasteiger partial charge is 0.472 e. The molecular formula is C12H21N3O2. The zero-order valence-corrected chi connectivity index (χ0v) is 10.9. The Morgan fingerprint density at radius 3 is 2.65 bits per heavy atom. The SMILES string of the molecule is CCC(C)(O)CNc1nccnc1OC(C)C. The van der Waals surface area contributed by atoms with E-state index >= 15 is 0 Å². The summed E-state index contributed by atoms with van der Waals surface area (Å²) in [5.74, 6) is 1.03. The molecule has 5 nitrogen and oxygen atoms in total. The first-order valence-corrected chi connectivity index (χ1v) is 5.88. The van der Waals surface area contributed by atoms with Crippen LogP contribution < -0.4 is 10.1 Å². The van der Waals surface area contributed by atoms with E-state index in [-0.39, 0.29) is 6.10 Å². The Balaban J connectivity index is 2.70. The number of ether oxygens (including phenoxy) is 1. The first-order valence-electron chi connectivity index (χ1n) is 5.88. The minimum absolute atomic E-state index is 0.0407. The molecule has 1 atom stereocenters. The lowest BCUT2D eigenvalue weighted by Crippen LogP contribution is -2.32. The highest BCUT2D eigenvalue weighted by Gasteiger charge is 2.18. The molecule has 0 fully saturated rings. The molecule has 0 radical (unpaired) electrons. The topological polar surface area (TPSA) is 67.3 Å². The second kappa shape index (κ2) is 5.82. The van der Waals surface area contributed by atoms with Gasteiger partial charge in [0, 0.05) is 18.9 Å². The molecule has 0 amide bonds. The Hall–Kier alpha value is -1.36. The third kappa shape index (κ3) is 4.56. The van der Waals surface area contributed by atoms with Gasteiger partial charge in [0.2, 0.25) is 0 Å². The van der Waals surface area contributed by atoms with Crippen LogP contribution in [0.15, 0.2) is 12.4 Å². The van der Waals surface area contributed by atoms with Crippen LogP contribution in [-0.2, 0) is 0 Å². The van der Waals surface area contributed by atoms with Gasteiger partial charge in [-0.25, -0.2) is 9.97 Å². The zero-order chi connectivity index (χ0) is 12.9. The fourth-order valence-electron chi connectivity index (χ4n) is 1.16. The van der Waals surface area contributed by atoms with Crippen molar-refractivity contribution in [3.63, 3.8) is 0 Å². The number of rotatable bonds is 6. The zero-order valence-electron chi connectivity index (χ0n) is 10.9. The van der Waals surface area contributed by atoms with E-state index in [2.05, 4.69) is 15.3 Å². The lowest BCUT2D eigenvalue weighted by Gasteiger charge is -2.22. The predicted octanol–water partition coefficient (Wildman–Crippen LogP) is 1.84. The minimum Gasteiger partial charge on any atom is -0.472 e. The molecule has 96 valence electrons. The number of nitrogens with zero attached hydrogens (tertiary/aromatic N) is 2. The quantitative estimate of drug-likeness (QED) is 0.792. The average molecular weight is 239 g/mol. The number of anilines is 1. The van der Waals surface area contributed by atoms with Gasteiger partial charge < -0.3 is 15.2 Å². The van der Waals surface area contributed by atoms with Gasteiger partial charge in [-0.3, -0.25) is 0 Å². The van der Waals surface area contributed by atoms with E-state index < -0.39 is 5.60 Å². The van der Waals surface area contributed by atoms with E-state index in [0.29, 0.717) is 24.7 Å². The Labute approximate surface area is 102 Å². The highest BCUT2D eigenvalue weighted by Crippen LogP contribution is 2.20. The molecule has 0 aliphatic rings. The van der Waals surface area contributed by atoms with Gasteiger partial charge in [0.1, 0.15) is 0 Å². The average Bonchev–Trinajstić information content (AvgIpc) is 2.27. The van der Waals surface area contributed by atoms with Crippen LogP contribution in [0.3, 0.4) is 0 Å². The van der Waals surface area contributed by atoms with Crippen molar-refractivity contribution in [2.75, 3.05) is 11.9 Å². The van der Waals surface area contributed by atoms with Gasteiger partial charge >= 0.3 is 0 Å². The lowest BCUT2D eigenvalue weighted by molar-refractivity contribution is 0.0695. The third-order valence-corrected chi connectivity index (χ3v) is 2.41. The van der Waals surface area contributed by atoms with Gasteiger partial charge in [-0.2, -0.15) is 0 Å². The Kier molecular flexibility index (Phi) is 4.69. The highest BCUT2D eigenvalue weighted by molar-refractivity contribution is 5.44. The molecule has 0 aromatic carbocycles. The second-order valence-electron chi connectivity index (χ2n) is 4.58. The molecular weight excluding hydrogens is 218 g/mol. The molecule has 17 heavy (non-hydrogen) atoms. The molecule has 1 rings (SSSR count). The van der Waals surface area contributed by atoms with Crippen LogP contribution in [0.4, 0.5) is 5.82 Å². The van der Waals surface area contributed by atoms with Crippen molar-refractivity contribution >= 4 is 5.82 Å². The summed E-state index contributed by atoms with van der Waals surface area (Å²) in [4.78, 5) is 8.28. The molecule has 2 N–H and O–H groups in total. The summed E-state index contributed by atoms with van der Waals surface area (Å²) in [6, 6.07) is 0. The van der Waals surface area contributed by atoms with Crippen molar-refractivity contribution in [1.82, 2.24) is 9.97 Å². The summed E-state index contributed by atoms with van der Waals surface area (Å²) in [5.41, 5.74) is -0.757. The fraction of sp³-hybridized carbons (Fsp3) is 0.667. The van der Waals surface area contributed by atoms with Gasteiger partial charge in [0.05, 0.1) is 11.7 Å². The van der Waals surface area contributed by atoms with E-state index in [0.717, 1.165) is 0 Å². The Bertz CT molecular complexity index is 353. The number of nitrogens with one attached hydrogen (secondary N) is 1. The standard InChI is InChI=1S/C12H21N3O2/c1-5-12(4,16)8-15-10-11(17-9(2)3)14-7-6-13-10/h6-7,9,16H,5,8H2,1-4H3,(H,13,15). The third-order valence-electron chi connectivity index (χ3n) is 2.41. The smallest absolute Gasteiger partial charge is 0.257 e. The molecule has 5 heteroatoms. The maximum Gasteiger partial charge on any atom is 0.257 e. The summed E-state index contributed by atoms with van der Waals surface area (Å²) in [5, 5.41) is 13.0. The van der Waals surface area contributed by atoms with Gasteiger partial charge in [-0.15, -0.1) is 0 Å². The van der Waals surface area contributed by atoms with Crippen LogP contribution >= 0.6 is 0 Å². The van der Waals surface area contributed by atoms with E-state index in [9.17, 15) is 5.11 Å². The van der Waals surface area contributed by atoms with E-state index in [1.165, 1.54) is 0 Å². The number of hydrogen-bond donors (Lipinski definition) is 2. The molecule has 1 aromatic heterocycles. The van der Waals surface area contributed by atoms with Crippen molar-refractivity contribution < 1.29 is 9.84 Å². The molecule has 0 spiro atoms. The van der Waals surface area contributed by atoms with Gasteiger partial charge in [0.15, 0.2) is 5.82 Å². The van der Waals surface area contributed by atoms with E-state index in [4.69, 9.17) is 4.74 Å². The molecule has 0 saturated carbocycles. The van der Waals surface area contributed by atoms with Crippen LogP contribution in [-0.4, -0.2) is 33.3 Å². The van der Waals surface area contributed by atoms with Crippen molar-refractivity contribution in [2.24, 2.45) is 0 Å². The first kappa shape index (κ1) is 13.7. The Morgan fingerprint density at radius 1 is 1.41 bits per heavy atom. The predicted molar refractivity (Wildman–Crippen MR) is 67.2 cm³/mol. The van der Waals surface area contributed by atoms with Crippen LogP contribution in [0.5, 0.6) is 5.88 Å². The van der Waals surface area contributed by atoms with Crippen LogP contribution in [0, 0.1) is 0 Å². The molecule has 0 bridgehead atoms. The first-order chi connectivity index (χ1) is 7.94. The summed E-state index contributed by atoms with van der Waals surface area (Å²) in [6.45, 7) is 7.99. The summed E-state index contributed by atoms with van der Waals surface area (Å²) >= 11 is 0. The lowest BCUT2D eigenvalue weighted by atomic mass is 10.0. The van der Waals surface area contributed by atoms with Gasteiger partial charge in [-0.05, 0) is 27.2 Å². The highest BCUT2D eigenvalue weighted by atomic mass is 16.5. The normalized spacial score (nSPS) is 14.5. The number of aromatic nitrogens is 2. The molecule has 0 aliphatic carbocycles. The van der Waals surface area contributed by atoms with Crippen LogP contribution in [0.1, 0.15) is 34.1 Å². The Morgan fingerprint density at radius 2 is 2.06 bits per heavy atom. The molecule has 0 aliphatic heterocycles. The molecule has 1 heterocycles. The number of hydrogen-bond acceptors (Lipinski definition) is 5. The van der Waals surface area contributed by atoms with Crippen molar-refractivity contribution in [2.45, 2.75) is 45.8 Å². The summed E-state index contributed by atoms with van der Waals surface area (Å²) in [6.07, 6.45) is 3.89. The monoisotopic (exact) mass is 239 g/mol. The summed E-state index contributed by atoms with van der Waals surface area (Å²) < 4.78 is 5.53. The summed E-state index contributed by atoms with van der Waals surface area (Å²) in [7, 11) is 0. The van der Waals surface area contributed by atoms with Crippen LogP contribution in [0.2, 0.25) is 0 Å². The van der Waals surface area contributed by atoms with E-state index in [1.807, 2.05) is 20.8 Å². The molecule has 1 aromatic rings. The van der Waals surface area contributed by atoms with Crippen molar-refractivity contribution in [1.29, 1.82) is 0 Å². The van der Waals surface area contributed by atoms with E-state index in [1.54, 1.807) is 19.3 Å². The van der Waals surface area contributed by atoms with Crippen LogP contribution in [0.25, 0.3) is 0 Å². The molecule has 1 unspecified atom stereocenters. The molecule has 0 saturated heterocycles. The second-order valence-corrected chi connectivity index (χ2v) is 4.58. The van der Waals surface area contributed by atoms with Gasteiger partial charge in [0.25, 0.3) is 5.88 Å². The maximum atomic E-state index is 9.91. The minimum atomic E-state index is -0.757. The maximum absolute atomic E-state index is 9.91. The van der Waals surface area contributed by atoms with Crippen molar-refractivity contribution in [3.05, 3.63) is 12.4 Å². The fourth-order valence-corrected chi connectivity index (χ4v) is 1.16. The van der Waals surface area contributed by atoms with Gasteiger partial charge in [-0.1, -0.05) is 6.92 Å². The van der Waals surface area contributed by atoms with Crippen molar-refractivity contribution in [3.8, 4) is 5.88 Å².